The number of rotatable bonds is 6. The van der Waals surface area contributed by atoms with Crippen LogP contribution in [-0.2, 0) is 13.6 Å². The molecular formula is C32H41O5P. The Labute approximate surface area is 226 Å². The van der Waals surface area contributed by atoms with Crippen molar-refractivity contribution in [2.45, 2.75) is 115 Å². The summed E-state index contributed by atoms with van der Waals surface area (Å²) in [5.41, 5.74) is 0. The first-order chi connectivity index (χ1) is 18.7. The second-order valence-corrected chi connectivity index (χ2v) is 14.3. The third kappa shape index (κ3) is 4.60. The maximum atomic E-state index is 7.16. The SMILES string of the molecule is c1ccc2c(c1)c1c(c3ccccc32)OP(OC2CCCCC2)(OC2CCCCC2)(OC2CCCCC2)O1. The molecule has 3 aliphatic carbocycles. The molecule has 0 saturated heterocycles. The molecule has 0 bridgehead atoms. The van der Waals surface area contributed by atoms with Gasteiger partial charge in [-0.05, 0) is 0 Å². The standard InChI is InChI=1S/C32H41O5P/c1-4-14-24(15-5-1)33-38(34-25-16-6-2-7-17-25,35-26-18-8-3-9-19-26)36-31-29-22-12-10-20-27(29)28-21-11-13-23-30(28)32(31)37-38/h10-13,20-26H,1-9,14-19H2. The van der Waals surface area contributed by atoms with E-state index in [-0.39, 0.29) is 18.3 Å². The van der Waals surface area contributed by atoms with Gasteiger partial charge in [0.15, 0.2) is 0 Å². The molecule has 0 N–H and O–H groups in total. The van der Waals surface area contributed by atoms with Crippen LogP contribution in [0.1, 0.15) is 96.3 Å². The van der Waals surface area contributed by atoms with Crippen LogP contribution in [0.15, 0.2) is 48.5 Å². The molecule has 3 aromatic rings. The summed E-state index contributed by atoms with van der Waals surface area (Å²) in [6, 6.07) is 16.9. The predicted octanol–water partition coefficient (Wildman–Crippen LogP) is 9.94. The van der Waals surface area contributed by atoms with Crippen LogP contribution in [0.2, 0.25) is 0 Å². The van der Waals surface area contributed by atoms with Gasteiger partial charge in [-0.25, -0.2) is 0 Å². The molecule has 6 heteroatoms. The van der Waals surface area contributed by atoms with Crippen LogP contribution < -0.4 is 9.05 Å². The Kier molecular flexibility index (Phi) is 6.76. The zero-order valence-corrected chi connectivity index (χ0v) is 23.3. The summed E-state index contributed by atoms with van der Waals surface area (Å²) in [5, 5.41) is 4.35. The van der Waals surface area contributed by atoms with Crippen molar-refractivity contribution < 1.29 is 22.6 Å². The Morgan fingerprint density at radius 1 is 0.447 bits per heavy atom. The van der Waals surface area contributed by atoms with Gasteiger partial charge in [0, 0.05) is 0 Å². The second kappa shape index (κ2) is 10.2. The number of benzene rings is 3. The Bertz CT molecular complexity index is 1170. The monoisotopic (exact) mass is 536 g/mol. The average Bonchev–Trinajstić information content (AvgIpc) is 3.30. The van der Waals surface area contributed by atoms with Gasteiger partial charge >= 0.3 is 227 Å². The Hall–Kier alpha value is -1.91. The van der Waals surface area contributed by atoms with E-state index in [0.717, 1.165) is 110 Å². The van der Waals surface area contributed by atoms with Crippen LogP contribution in [0, 0.1) is 0 Å². The molecular weight excluding hydrogens is 495 g/mol. The van der Waals surface area contributed by atoms with Crippen LogP contribution in [0.5, 0.6) is 11.5 Å². The van der Waals surface area contributed by atoms with E-state index in [9.17, 15) is 0 Å². The van der Waals surface area contributed by atoms with E-state index < -0.39 is 7.74 Å². The van der Waals surface area contributed by atoms with Gasteiger partial charge in [0.25, 0.3) is 0 Å². The van der Waals surface area contributed by atoms with Crippen molar-refractivity contribution in [1.82, 2.24) is 0 Å². The normalized spacial score (nSPS) is 25.3. The molecule has 204 valence electrons. The molecule has 5 nitrogen and oxygen atoms in total. The molecule has 4 aliphatic rings. The molecule has 0 unspecified atom stereocenters. The predicted molar refractivity (Wildman–Crippen MR) is 154 cm³/mol. The Morgan fingerprint density at radius 3 is 1.11 bits per heavy atom. The first-order valence-electron chi connectivity index (χ1n) is 15.1. The van der Waals surface area contributed by atoms with Crippen molar-refractivity contribution in [3.05, 3.63) is 48.5 Å². The van der Waals surface area contributed by atoms with Crippen molar-refractivity contribution >= 4 is 29.3 Å². The van der Waals surface area contributed by atoms with E-state index in [1.165, 1.54) is 19.3 Å². The molecule has 38 heavy (non-hydrogen) atoms. The van der Waals surface area contributed by atoms with Crippen LogP contribution in [0.25, 0.3) is 21.5 Å². The van der Waals surface area contributed by atoms with E-state index in [0.29, 0.717) is 0 Å². The van der Waals surface area contributed by atoms with Gasteiger partial charge in [-0.2, -0.15) is 0 Å². The zero-order chi connectivity index (χ0) is 25.4. The summed E-state index contributed by atoms with van der Waals surface area (Å²) in [4.78, 5) is 0. The van der Waals surface area contributed by atoms with Gasteiger partial charge in [0.05, 0.1) is 0 Å². The third-order valence-corrected chi connectivity index (χ3v) is 11.8. The second-order valence-electron chi connectivity index (χ2n) is 11.8. The molecule has 3 saturated carbocycles. The van der Waals surface area contributed by atoms with E-state index in [1.54, 1.807) is 0 Å². The summed E-state index contributed by atoms with van der Waals surface area (Å²) in [5.74, 6) is 1.44. The third-order valence-electron chi connectivity index (χ3n) is 8.94. The van der Waals surface area contributed by atoms with Crippen molar-refractivity contribution in [2.24, 2.45) is 0 Å². The minimum atomic E-state index is -4.50. The maximum absolute atomic E-state index is 7.16. The fraction of sp³-hybridized carbons (Fsp3) is 0.562. The summed E-state index contributed by atoms with van der Waals surface area (Å²) >= 11 is 0. The zero-order valence-electron chi connectivity index (χ0n) is 22.4. The molecule has 7 rings (SSSR count). The van der Waals surface area contributed by atoms with Gasteiger partial charge in [-0.1, -0.05) is 0 Å². The van der Waals surface area contributed by atoms with Crippen LogP contribution in [-0.4, -0.2) is 18.3 Å². The molecule has 0 atom stereocenters. The molecule has 0 spiro atoms. The number of fused-ring (bicyclic) bond motifs is 6. The molecule has 1 heterocycles. The van der Waals surface area contributed by atoms with Crippen molar-refractivity contribution in [3.8, 4) is 11.5 Å². The van der Waals surface area contributed by atoms with Crippen LogP contribution in [0.3, 0.4) is 0 Å². The fourth-order valence-corrected chi connectivity index (χ4v) is 10.5. The number of hydrogen-bond acceptors (Lipinski definition) is 5. The summed E-state index contributed by atoms with van der Waals surface area (Å²) in [6.07, 6.45) is 16.7. The van der Waals surface area contributed by atoms with Crippen molar-refractivity contribution in [2.75, 3.05) is 0 Å². The Balaban J connectivity index is 1.40. The minimum absolute atomic E-state index is 0.0143. The van der Waals surface area contributed by atoms with Crippen molar-refractivity contribution in [3.63, 3.8) is 0 Å². The van der Waals surface area contributed by atoms with Gasteiger partial charge in [0.2, 0.25) is 0 Å². The molecule has 1 aliphatic heterocycles. The number of hydrogen-bond donors (Lipinski definition) is 0. The summed E-state index contributed by atoms with van der Waals surface area (Å²) in [7, 11) is -4.50. The average molecular weight is 537 g/mol. The van der Waals surface area contributed by atoms with Crippen LogP contribution in [0.4, 0.5) is 0 Å². The molecule has 0 radical (unpaired) electrons. The Morgan fingerprint density at radius 2 is 0.763 bits per heavy atom. The topological polar surface area (TPSA) is 46.2 Å². The molecule has 3 fully saturated rings. The first-order valence-corrected chi connectivity index (χ1v) is 17.0. The van der Waals surface area contributed by atoms with Gasteiger partial charge in [0.1, 0.15) is 0 Å². The van der Waals surface area contributed by atoms with E-state index >= 15 is 0 Å². The van der Waals surface area contributed by atoms with E-state index in [1.807, 2.05) is 0 Å². The fourth-order valence-electron chi connectivity index (χ4n) is 7.02. The molecule has 0 amide bonds. The summed E-state index contributed by atoms with van der Waals surface area (Å²) in [6.45, 7) is 0. The van der Waals surface area contributed by atoms with Gasteiger partial charge < -0.3 is 0 Å². The summed E-state index contributed by atoms with van der Waals surface area (Å²) < 4.78 is 35.8. The quantitative estimate of drug-likeness (QED) is 0.232. The van der Waals surface area contributed by atoms with Gasteiger partial charge in [-0.3, -0.25) is 0 Å². The molecule has 0 aromatic heterocycles. The van der Waals surface area contributed by atoms with E-state index in [2.05, 4.69) is 48.5 Å². The molecule has 3 aromatic carbocycles. The van der Waals surface area contributed by atoms with Crippen LogP contribution >= 0.6 is 7.74 Å². The van der Waals surface area contributed by atoms with Gasteiger partial charge in [-0.15, -0.1) is 0 Å². The van der Waals surface area contributed by atoms with Crippen molar-refractivity contribution in [1.29, 1.82) is 0 Å². The van der Waals surface area contributed by atoms with E-state index in [4.69, 9.17) is 22.6 Å². The first kappa shape index (κ1) is 25.1.